The molecule has 3 aliphatic rings. The highest BCUT2D eigenvalue weighted by Crippen LogP contribution is 2.29. The van der Waals surface area contributed by atoms with Gasteiger partial charge in [-0.25, -0.2) is 0 Å². The lowest BCUT2D eigenvalue weighted by molar-refractivity contribution is -0.127. The molecule has 0 spiro atoms. The third kappa shape index (κ3) is 7.14. The minimum atomic E-state index is -0.182. The number of rotatable bonds is 7. The molecule has 0 radical (unpaired) electrons. The van der Waals surface area contributed by atoms with Gasteiger partial charge in [0.25, 0.3) is 5.91 Å². The molecule has 9 heteroatoms. The predicted octanol–water partition coefficient (Wildman–Crippen LogP) is 2.92. The number of nitrogen functional groups attached to an aromatic ring is 1. The summed E-state index contributed by atoms with van der Waals surface area (Å²) in [7, 11) is 1.52. The molecule has 0 unspecified atom stereocenters. The Balaban J connectivity index is 1.17. The van der Waals surface area contributed by atoms with E-state index >= 15 is 0 Å². The van der Waals surface area contributed by atoms with Crippen molar-refractivity contribution in [3.05, 3.63) is 34.9 Å². The van der Waals surface area contributed by atoms with E-state index in [2.05, 4.69) is 21.6 Å². The van der Waals surface area contributed by atoms with Crippen molar-refractivity contribution in [3.8, 4) is 5.75 Å². The van der Waals surface area contributed by atoms with Gasteiger partial charge in [-0.15, -0.1) is 0 Å². The molecule has 0 bridgehead atoms. The lowest BCUT2D eigenvalue weighted by Crippen LogP contribution is -2.47. The summed E-state index contributed by atoms with van der Waals surface area (Å²) in [5.41, 5.74) is 6.63. The number of hydrogen-bond donors (Lipinski definition) is 3. The molecule has 2 amide bonds. The molecule has 1 aromatic rings. The van der Waals surface area contributed by atoms with E-state index in [0.717, 1.165) is 84.3 Å². The zero-order chi connectivity index (χ0) is 25.5. The molecular weight excluding hydrogens is 478 g/mol. The predicted molar refractivity (Wildman–Crippen MR) is 143 cm³/mol. The van der Waals surface area contributed by atoms with Gasteiger partial charge in [-0.1, -0.05) is 17.7 Å². The largest absolute Gasteiger partial charge is 0.496 e. The van der Waals surface area contributed by atoms with Gasteiger partial charge in [0.15, 0.2) is 0 Å². The average Bonchev–Trinajstić information content (AvgIpc) is 2.90. The maximum atomic E-state index is 12.8. The number of ether oxygens (including phenoxy) is 1. The second kappa shape index (κ2) is 12.8. The highest BCUT2D eigenvalue weighted by molar-refractivity contribution is 6.33. The first-order valence-corrected chi connectivity index (χ1v) is 13.6. The highest BCUT2D eigenvalue weighted by Gasteiger charge is 2.27. The van der Waals surface area contributed by atoms with Gasteiger partial charge in [-0.05, 0) is 75.6 Å². The molecule has 0 atom stereocenters. The van der Waals surface area contributed by atoms with Gasteiger partial charge in [0.1, 0.15) is 5.75 Å². The van der Waals surface area contributed by atoms with Crippen LogP contribution < -0.4 is 21.1 Å². The molecule has 1 aromatic carbocycles. The smallest absolute Gasteiger partial charge is 0.255 e. The Kier molecular flexibility index (Phi) is 9.51. The first-order chi connectivity index (χ1) is 17.4. The molecule has 36 heavy (non-hydrogen) atoms. The lowest BCUT2D eigenvalue weighted by atomic mass is 9.94. The summed E-state index contributed by atoms with van der Waals surface area (Å²) >= 11 is 6.12. The quantitative estimate of drug-likeness (QED) is 0.380. The van der Waals surface area contributed by atoms with Crippen LogP contribution in [-0.4, -0.2) is 80.6 Å². The second-order valence-corrected chi connectivity index (χ2v) is 10.7. The van der Waals surface area contributed by atoms with Crippen molar-refractivity contribution < 1.29 is 14.3 Å². The molecule has 8 nitrogen and oxygen atoms in total. The second-order valence-electron chi connectivity index (χ2n) is 10.3. The molecule has 0 aliphatic carbocycles. The number of benzene rings is 1. The summed E-state index contributed by atoms with van der Waals surface area (Å²) in [5, 5.41) is 6.85. The Morgan fingerprint density at radius 3 is 2.47 bits per heavy atom. The fraction of sp³-hybridized carbons (Fsp3) is 0.630. The molecule has 3 saturated heterocycles. The Labute approximate surface area is 219 Å². The number of methoxy groups -OCH3 is 1. The zero-order valence-electron chi connectivity index (χ0n) is 21.3. The van der Waals surface area contributed by atoms with Gasteiger partial charge >= 0.3 is 0 Å². The minimum absolute atomic E-state index is 0.126. The van der Waals surface area contributed by atoms with E-state index in [9.17, 15) is 9.59 Å². The standard InChI is InChI=1S/C27H40ClN5O3/c1-36-25-17-24(29)23(28)16-22(25)27(35)31-21-8-12-32(13-9-21)18-20-6-14-33(15-7-20)26(34)3-2-19-4-10-30-11-5-19/h2-3,16-17,19-21,30H,4-15,18,29H2,1H3,(H,31,35)/b3-2+. The Bertz CT molecular complexity index is 934. The van der Waals surface area contributed by atoms with Crippen molar-refractivity contribution in [2.24, 2.45) is 11.8 Å². The summed E-state index contributed by atoms with van der Waals surface area (Å²) in [5.74, 6) is 1.57. The summed E-state index contributed by atoms with van der Waals surface area (Å²) in [6.45, 7) is 6.77. The molecule has 4 rings (SSSR count). The Morgan fingerprint density at radius 2 is 1.81 bits per heavy atom. The van der Waals surface area contributed by atoms with Crippen LogP contribution in [0.3, 0.4) is 0 Å². The number of carbonyl (C=O) groups excluding carboxylic acids is 2. The molecule has 0 saturated carbocycles. The number of nitrogens with one attached hydrogen (secondary N) is 2. The monoisotopic (exact) mass is 517 g/mol. The van der Waals surface area contributed by atoms with Crippen molar-refractivity contribution in [3.63, 3.8) is 0 Å². The van der Waals surface area contributed by atoms with E-state index in [1.54, 1.807) is 12.1 Å². The highest BCUT2D eigenvalue weighted by atomic mass is 35.5. The average molecular weight is 518 g/mol. The first-order valence-electron chi connectivity index (χ1n) is 13.3. The lowest BCUT2D eigenvalue weighted by Gasteiger charge is -2.37. The van der Waals surface area contributed by atoms with Crippen molar-refractivity contribution in [1.82, 2.24) is 20.4 Å². The molecule has 0 aromatic heterocycles. The topological polar surface area (TPSA) is 99.9 Å². The molecule has 3 fully saturated rings. The molecule has 3 heterocycles. The van der Waals surface area contributed by atoms with Gasteiger partial charge in [-0.2, -0.15) is 0 Å². The molecule has 4 N–H and O–H groups in total. The third-order valence-corrected chi connectivity index (χ3v) is 8.15. The van der Waals surface area contributed by atoms with Crippen molar-refractivity contribution in [2.75, 3.05) is 58.7 Å². The Hall–Kier alpha value is -2.29. The van der Waals surface area contributed by atoms with Crippen LogP contribution in [0.5, 0.6) is 5.75 Å². The molecule has 3 aliphatic heterocycles. The number of nitrogens with two attached hydrogens (primary N) is 1. The van der Waals surface area contributed by atoms with E-state index in [-0.39, 0.29) is 17.9 Å². The minimum Gasteiger partial charge on any atom is -0.496 e. The number of anilines is 1. The van der Waals surface area contributed by atoms with Gasteiger partial charge in [0.05, 0.1) is 23.4 Å². The normalized spacial score (nSPS) is 21.1. The number of amides is 2. The maximum absolute atomic E-state index is 12.8. The van der Waals surface area contributed by atoms with E-state index in [1.165, 1.54) is 7.11 Å². The number of likely N-dealkylation sites (tertiary alicyclic amines) is 2. The molecular formula is C27H40ClN5O3. The van der Waals surface area contributed by atoms with Crippen LogP contribution >= 0.6 is 11.6 Å². The van der Waals surface area contributed by atoms with E-state index in [4.69, 9.17) is 22.1 Å². The number of hydrogen-bond acceptors (Lipinski definition) is 6. The van der Waals surface area contributed by atoms with Crippen molar-refractivity contribution in [1.29, 1.82) is 0 Å². The van der Waals surface area contributed by atoms with Crippen LogP contribution in [0.1, 0.15) is 48.9 Å². The third-order valence-electron chi connectivity index (χ3n) is 7.82. The Morgan fingerprint density at radius 1 is 1.11 bits per heavy atom. The van der Waals surface area contributed by atoms with Crippen LogP contribution in [0.25, 0.3) is 0 Å². The summed E-state index contributed by atoms with van der Waals surface area (Å²) in [4.78, 5) is 29.9. The van der Waals surface area contributed by atoms with Gasteiger partial charge in [0, 0.05) is 44.8 Å². The maximum Gasteiger partial charge on any atom is 0.255 e. The first kappa shape index (κ1) is 26.8. The number of halogens is 1. The van der Waals surface area contributed by atoms with E-state index in [0.29, 0.717) is 33.9 Å². The number of nitrogens with zero attached hydrogens (tertiary/aromatic N) is 2. The van der Waals surface area contributed by atoms with Crippen LogP contribution in [-0.2, 0) is 4.79 Å². The van der Waals surface area contributed by atoms with E-state index in [1.807, 2.05) is 11.0 Å². The fourth-order valence-corrected chi connectivity index (χ4v) is 5.66. The summed E-state index contributed by atoms with van der Waals surface area (Å²) in [6, 6.07) is 3.28. The van der Waals surface area contributed by atoms with Gasteiger partial charge < -0.3 is 30.9 Å². The van der Waals surface area contributed by atoms with Crippen molar-refractivity contribution in [2.45, 2.75) is 44.6 Å². The van der Waals surface area contributed by atoms with Crippen LogP contribution in [0.4, 0.5) is 5.69 Å². The SMILES string of the molecule is COc1cc(N)c(Cl)cc1C(=O)NC1CCN(CC2CCN(C(=O)/C=C/C3CCNCC3)CC2)CC1. The number of carbonyl (C=O) groups is 2. The summed E-state index contributed by atoms with van der Waals surface area (Å²) in [6.07, 6.45) is 10.1. The summed E-state index contributed by atoms with van der Waals surface area (Å²) < 4.78 is 5.32. The van der Waals surface area contributed by atoms with E-state index < -0.39 is 0 Å². The van der Waals surface area contributed by atoms with Gasteiger partial charge in [-0.3, -0.25) is 9.59 Å². The van der Waals surface area contributed by atoms with Gasteiger partial charge in [0.2, 0.25) is 5.91 Å². The van der Waals surface area contributed by atoms with Crippen LogP contribution in [0.2, 0.25) is 5.02 Å². The van der Waals surface area contributed by atoms with Crippen LogP contribution in [0.15, 0.2) is 24.3 Å². The van der Waals surface area contributed by atoms with Crippen molar-refractivity contribution >= 4 is 29.1 Å². The zero-order valence-corrected chi connectivity index (χ0v) is 22.1. The number of allylic oxidation sites excluding steroid dienone is 1. The molecule has 198 valence electrons. The number of piperidine rings is 3. The fourth-order valence-electron chi connectivity index (χ4n) is 5.50. The van der Waals surface area contributed by atoms with Crippen LogP contribution in [0, 0.1) is 11.8 Å².